The third-order valence-corrected chi connectivity index (χ3v) is 9.29. The number of carbonyl (C=O) groups is 2. The predicted octanol–water partition coefficient (Wildman–Crippen LogP) is 4.83. The van der Waals surface area contributed by atoms with Gasteiger partial charge < -0.3 is 30.3 Å². The van der Waals surface area contributed by atoms with Gasteiger partial charge in [-0.1, -0.05) is 30.3 Å². The number of aryl methyl sites for hydroxylation is 1. The Morgan fingerprint density at radius 3 is 2.50 bits per heavy atom. The number of alkyl halides is 3. The monoisotopic (exact) mass is 638 g/mol. The summed E-state index contributed by atoms with van der Waals surface area (Å²) in [6.07, 6.45) is -3.76. The van der Waals surface area contributed by atoms with Gasteiger partial charge >= 0.3 is 12.1 Å². The molecule has 13 heteroatoms. The van der Waals surface area contributed by atoms with Crippen LogP contribution in [0.1, 0.15) is 49.8 Å². The normalized spacial score (nSPS) is 20.0. The molecule has 2 atom stereocenters. The minimum Gasteiger partial charge on any atom is -0.465 e. The molecule has 0 radical (unpaired) electrons. The number of carbonyl (C=O) groups excluding carboxylic acids is 2. The molecule has 1 aromatic heterocycles. The molecule has 3 aliphatic rings. The second-order valence-corrected chi connectivity index (χ2v) is 12.3. The number of nitrogens with two attached hydrogens (primary N) is 1. The van der Waals surface area contributed by atoms with Crippen molar-refractivity contribution in [1.29, 1.82) is 0 Å². The molecule has 0 aliphatic carbocycles. The number of rotatable bonds is 7. The molecule has 4 heterocycles. The summed E-state index contributed by atoms with van der Waals surface area (Å²) in [5.41, 5.74) is 9.25. The van der Waals surface area contributed by atoms with Crippen LogP contribution in [0.5, 0.6) is 5.88 Å². The number of nitrogen functional groups attached to an aromatic ring is 1. The molecule has 244 valence electrons. The summed E-state index contributed by atoms with van der Waals surface area (Å²) >= 11 is 0. The molecule has 1 amide bonds. The SMILES string of the molecule is CCOC(=O)[C@@H]1CC2(CCN(c3cc(O[C@H](c4ccc(-c5ccc6c(c5)CCC(=O)N6C)cc4)C(F)(F)F)nc(N)n3)CC2)CN1. The van der Waals surface area contributed by atoms with Crippen molar-refractivity contribution in [3.05, 3.63) is 59.7 Å². The Hall–Kier alpha value is -4.39. The lowest BCUT2D eigenvalue weighted by Gasteiger charge is -2.39. The number of halogens is 3. The number of fused-ring (bicyclic) bond motifs is 1. The van der Waals surface area contributed by atoms with Crippen LogP contribution < -0.4 is 25.6 Å². The van der Waals surface area contributed by atoms with E-state index < -0.39 is 12.3 Å². The van der Waals surface area contributed by atoms with Crippen LogP contribution in [0.2, 0.25) is 0 Å². The van der Waals surface area contributed by atoms with Crippen LogP contribution in [0.25, 0.3) is 11.1 Å². The summed E-state index contributed by atoms with van der Waals surface area (Å²) in [5.74, 6) is -0.259. The number of ether oxygens (including phenoxy) is 2. The molecule has 0 unspecified atom stereocenters. The van der Waals surface area contributed by atoms with Crippen LogP contribution in [0.4, 0.5) is 30.6 Å². The molecular weight excluding hydrogens is 601 g/mol. The van der Waals surface area contributed by atoms with Crippen LogP contribution in [-0.4, -0.2) is 67.4 Å². The van der Waals surface area contributed by atoms with Gasteiger partial charge in [-0.15, -0.1) is 0 Å². The number of nitrogens with one attached hydrogen (secondary N) is 1. The summed E-state index contributed by atoms with van der Waals surface area (Å²) in [7, 11) is 1.74. The Morgan fingerprint density at radius 1 is 1.09 bits per heavy atom. The van der Waals surface area contributed by atoms with Crippen molar-refractivity contribution >= 4 is 29.3 Å². The molecule has 3 N–H and O–H groups in total. The number of aromatic nitrogens is 2. The van der Waals surface area contributed by atoms with Crippen LogP contribution in [0.15, 0.2) is 48.5 Å². The van der Waals surface area contributed by atoms with E-state index in [1.807, 2.05) is 23.1 Å². The van der Waals surface area contributed by atoms with Crippen LogP contribution >= 0.6 is 0 Å². The largest absolute Gasteiger partial charge is 0.465 e. The topological polar surface area (TPSA) is 123 Å². The van der Waals surface area contributed by atoms with Gasteiger partial charge in [0, 0.05) is 50.4 Å². The summed E-state index contributed by atoms with van der Waals surface area (Å²) in [5, 5.41) is 3.28. The fraction of sp³-hybridized carbons (Fsp3) is 0.455. The van der Waals surface area contributed by atoms with Crippen molar-refractivity contribution < 1.29 is 32.2 Å². The summed E-state index contributed by atoms with van der Waals surface area (Å²) in [6.45, 7) is 3.98. The molecule has 10 nitrogen and oxygen atoms in total. The van der Waals surface area contributed by atoms with Crippen LogP contribution in [0, 0.1) is 5.41 Å². The van der Waals surface area contributed by atoms with Gasteiger partial charge in [0.05, 0.1) is 6.61 Å². The number of benzene rings is 2. The molecule has 0 bridgehead atoms. The van der Waals surface area contributed by atoms with Gasteiger partial charge in [-0.3, -0.25) is 9.59 Å². The number of nitrogens with zero attached hydrogens (tertiary/aromatic N) is 4. The Balaban J connectivity index is 1.16. The van der Waals surface area contributed by atoms with E-state index in [4.69, 9.17) is 15.2 Å². The van der Waals surface area contributed by atoms with Crippen molar-refractivity contribution in [2.45, 2.75) is 57.3 Å². The highest BCUT2D eigenvalue weighted by Crippen LogP contribution is 2.42. The number of piperidine rings is 1. The van der Waals surface area contributed by atoms with E-state index in [9.17, 15) is 22.8 Å². The second-order valence-electron chi connectivity index (χ2n) is 12.3. The van der Waals surface area contributed by atoms with Crippen molar-refractivity contribution in [3.8, 4) is 17.0 Å². The molecule has 3 aromatic rings. The smallest absolute Gasteiger partial charge is 0.429 e. The zero-order valence-electron chi connectivity index (χ0n) is 25.8. The Bertz CT molecular complexity index is 1610. The summed E-state index contributed by atoms with van der Waals surface area (Å²) in [6, 6.07) is 12.8. The molecule has 6 rings (SSSR count). The first-order valence-corrected chi connectivity index (χ1v) is 15.5. The molecule has 2 saturated heterocycles. The molecule has 2 aromatic carbocycles. The number of hydrogen-bond acceptors (Lipinski definition) is 9. The van der Waals surface area contributed by atoms with Crippen molar-refractivity contribution in [2.24, 2.45) is 5.41 Å². The van der Waals surface area contributed by atoms with E-state index in [0.717, 1.165) is 35.2 Å². The third-order valence-electron chi connectivity index (χ3n) is 9.29. The second kappa shape index (κ2) is 12.4. The van der Waals surface area contributed by atoms with Crippen LogP contribution in [-0.2, 0) is 20.7 Å². The molecule has 46 heavy (non-hydrogen) atoms. The van der Waals surface area contributed by atoms with E-state index in [-0.39, 0.29) is 40.7 Å². The van der Waals surface area contributed by atoms with E-state index in [1.54, 1.807) is 31.0 Å². The molecule has 2 fully saturated rings. The fourth-order valence-corrected chi connectivity index (χ4v) is 6.70. The van der Waals surface area contributed by atoms with Gasteiger partial charge in [-0.05, 0) is 66.8 Å². The zero-order valence-corrected chi connectivity index (χ0v) is 25.8. The third kappa shape index (κ3) is 6.46. The number of hydrogen-bond donors (Lipinski definition) is 2. The van der Waals surface area contributed by atoms with E-state index in [1.165, 1.54) is 18.2 Å². The lowest BCUT2D eigenvalue weighted by atomic mass is 9.76. The Labute approximate surface area is 265 Å². The average Bonchev–Trinajstić information content (AvgIpc) is 3.45. The zero-order chi connectivity index (χ0) is 32.6. The lowest BCUT2D eigenvalue weighted by Crippen LogP contribution is -2.41. The van der Waals surface area contributed by atoms with Gasteiger partial charge in [0.25, 0.3) is 0 Å². The summed E-state index contributed by atoms with van der Waals surface area (Å²) in [4.78, 5) is 36.1. The van der Waals surface area contributed by atoms with Gasteiger partial charge in [0.2, 0.25) is 23.8 Å². The predicted molar refractivity (Wildman–Crippen MR) is 166 cm³/mol. The minimum atomic E-state index is -4.73. The highest BCUT2D eigenvalue weighted by Gasteiger charge is 2.45. The fourth-order valence-electron chi connectivity index (χ4n) is 6.70. The van der Waals surface area contributed by atoms with E-state index in [0.29, 0.717) is 51.3 Å². The van der Waals surface area contributed by atoms with Crippen molar-refractivity contribution in [2.75, 3.05) is 48.8 Å². The maximum atomic E-state index is 14.4. The van der Waals surface area contributed by atoms with Gasteiger partial charge in [-0.25, -0.2) is 0 Å². The highest BCUT2D eigenvalue weighted by atomic mass is 19.4. The quantitative estimate of drug-likeness (QED) is 0.351. The molecule has 0 saturated carbocycles. The Kier molecular flexibility index (Phi) is 8.53. The first kappa shape index (κ1) is 31.6. The summed E-state index contributed by atoms with van der Waals surface area (Å²) < 4.78 is 53.7. The number of esters is 1. The molecular formula is C33H37F3N6O4. The number of amides is 1. The maximum absolute atomic E-state index is 14.4. The van der Waals surface area contributed by atoms with Crippen molar-refractivity contribution in [3.63, 3.8) is 0 Å². The first-order valence-electron chi connectivity index (χ1n) is 15.5. The molecule has 3 aliphatic heterocycles. The van der Waals surface area contributed by atoms with Gasteiger partial charge in [0.1, 0.15) is 11.9 Å². The van der Waals surface area contributed by atoms with Crippen molar-refractivity contribution in [1.82, 2.24) is 15.3 Å². The van der Waals surface area contributed by atoms with E-state index in [2.05, 4.69) is 15.3 Å². The highest BCUT2D eigenvalue weighted by molar-refractivity contribution is 5.96. The average molecular weight is 639 g/mol. The lowest BCUT2D eigenvalue weighted by molar-refractivity contribution is -0.198. The maximum Gasteiger partial charge on any atom is 0.429 e. The first-order chi connectivity index (χ1) is 21.9. The number of anilines is 3. The van der Waals surface area contributed by atoms with E-state index >= 15 is 0 Å². The Morgan fingerprint density at radius 2 is 1.80 bits per heavy atom. The van der Waals surface area contributed by atoms with Crippen LogP contribution in [0.3, 0.4) is 0 Å². The standard InChI is InChI=1S/C33H37F3N6O4/c1-3-45-30(44)24-18-32(19-38-24)12-14-42(15-13-32)26-17-27(40-31(37)39-26)46-29(33(34,35)36)21-6-4-20(5-7-21)22-8-10-25-23(16-22)9-11-28(43)41(25)2/h4-8,10,16-17,24,29,38H,3,9,11-15,18-19H2,1-2H3,(H2,37,39,40)/t24-,29+/m0/s1. The molecule has 1 spiro atoms. The van der Waals surface area contributed by atoms with Gasteiger partial charge in [0.15, 0.2) is 0 Å². The van der Waals surface area contributed by atoms with Gasteiger partial charge in [-0.2, -0.15) is 23.1 Å². The minimum absolute atomic E-state index is 0.0526.